The van der Waals surface area contributed by atoms with Gasteiger partial charge in [-0.3, -0.25) is 9.69 Å². The predicted octanol–water partition coefficient (Wildman–Crippen LogP) is 5.05. The van der Waals surface area contributed by atoms with Crippen LogP contribution in [-0.4, -0.2) is 18.0 Å². The lowest BCUT2D eigenvalue weighted by Crippen LogP contribution is -2.30. The number of para-hydroxylation sites is 1. The Morgan fingerprint density at radius 2 is 2.04 bits per heavy atom. The Bertz CT molecular complexity index is 1090. The Hall–Kier alpha value is -3.12. The number of hydrogen-bond donors (Lipinski definition) is 0. The molecule has 1 amide bonds. The molecule has 0 aliphatic heterocycles. The van der Waals surface area contributed by atoms with Crippen molar-refractivity contribution in [1.82, 2.24) is 4.98 Å². The van der Waals surface area contributed by atoms with Gasteiger partial charge in [0.15, 0.2) is 5.13 Å². The van der Waals surface area contributed by atoms with Gasteiger partial charge < -0.3 is 9.15 Å². The third kappa shape index (κ3) is 3.44. The fourth-order valence-electron chi connectivity index (χ4n) is 2.89. The smallest absolute Gasteiger partial charge is 0.260 e. The summed E-state index contributed by atoms with van der Waals surface area (Å²) in [5.74, 6) is 1.18. The van der Waals surface area contributed by atoms with Crippen LogP contribution in [0.4, 0.5) is 5.13 Å². The molecule has 0 unspecified atom stereocenters. The maximum absolute atomic E-state index is 13.3. The summed E-state index contributed by atoms with van der Waals surface area (Å²) in [6, 6.07) is 16.8. The van der Waals surface area contributed by atoms with Crippen molar-refractivity contribution in [3.05, 3.63) is 77.7 Å². The van der Waals surface area contributed by atoms with Gasteiger partial charge in [0.05, 0.1) is 30.1 Å². The summed E-state index contributed by atoms with van der Waals surface area (Å²) in [5.41, 5.74) is 2.54. The highest BCUT2D eigenvalue weighted by molar-refractivity contribution is 7.22. The Morgan fingerprint density at radius 1 is 1.19 bits per heavy atom. The minimum atomic E-state index is -0.151. The lowest BCUT2D eigenvalue weighted by molar-refractivity contribution is 0.0983. The zero-order valence-electron chi connectivity index (χ0n) is 15.0. The van der Waals surface area contributed by atoms with E-state index in [0.29, 0.717) is 28.7 Å². The largest absolute Gasteiger partial charge is 0.497 e. The lowest BCUT2D eigenvalue weighted by atomic mass is 10.2. The molecule has 2 heterocycles. The molecule has 2 aromatic carbocycles. The van der Waals surface area contributed by atoms with E-state index in [-0.39, 0.29) is 5.91 Å². The molecule has 0 saturated carbocycles. The number of thiazole rings is 1. The summed E-state index contributed by atoms with van der Waals surface area (Å²) >= 11 is 1.50. The number of nitrogens with zero attached hydrogens (tertiary/aromatic N) is 2. The van der Waals surface area contributed by atoms with Gasteiger partial charge in [-0.15, -0.1) is 0 Å². The fourth-order valence-corrected chi connectivity index (χ4v) is 3.93. The van der Waals surface area contributed by atoms with Crippen LogP contribution in [0.2, 0.25) is 0 Å². The van der Waals surface area contributed by atoms with E-state index in [0.717, 1.165) is 15.8 Å². The SMILES string of the molecule is COc1cccc(C(=O)N(Cc2ccco2)c2nc3c(C)cccc3s2)c1. The molecule has 6 heteroatoms. The summed E-state index contributed by atoms with van der Waals surface area (Å²) in [6.45, 7) is 2.33. The Morgan fingerprint density at radius 3 is 2.78 bits per heavy atom. The van der Waals surface area contributed by atoms with Gasteiger partial charge in [0.2, 0.25) is 0 Å². The van der Waals surface area contributed by atoms with Crippen LogP contribution in [0.15, 0.2) is 65.3 Å². The maximum Gasteiger partial charge on any atom is 0.260 e. The molecule has 0 aliphatic rings. The van der Waals surface area contributed by atoms with Gasteiger partial charge >= 0.3 is 0 Å². The van der Waals surface area contributed by atoms with E-state index in [1.54, 1.807) is 36.5 Å². The van der Waals surface area contributed by atoms with Gasteiger partial charge in [-0.05, 0) is 48.9 Å². The summed E-state index contributed by atoms with van der Waals surface area (Å²) in [7, 11) is 1.58. The zero-order valence-corrected chi connectivity index (χ0v) is 15.8. The molecule has 5 nitrogen and oxygen atoms in total. The van der Waals surface area contributed by atoms with Crippen LogP contribution in [0, 0.1) is 6.92 Å². The molecule has 0 saturated heterocycles. The second-order valence-corrected chi connectivity index (χ2v) is 7.13. The van der Waals surface area contributed by atoms with Crippen LogP contribution in [0.3, 0.4) is 0 Å². The van der Waals surface area contributed by atoms with Crippen molar-refractivity contribution in [2.24, 2.45) is 0 Å². The van der Waals surface area contributed by atoms with E-state index in [1.807, 2.05) is 43.3 Å². The third-order valence-electron chi connectivity index (χ3n) is 4.30. The highest BCUT2D eigenvalue weighted by Gasteiger charge is 2.23. The first-order chi connectivity index (χ1) is 13.2. The summed E-state index contributed by atoms with van der Waals surface area (Å²) in [5, 5.41) is 0.642. The molecule has 0 fully saturated rings. The number of carbonyl (C=O) groups is 1. The number of aryl methyl sites for hydroxylation is 1. The number of rotatable bonds is 5. The molecule has 0 atom stereocenters. The van der Waals surface area contributed by atoms with Gasteiger partial charge in [-0.25, -0.2) is 4.98 Å². The molecule has 4 rings (SSSR count). The first-order valence-electron chi connectivity index (χ1n) is 8.50. The molecular weight excluding hydrogens is 360 g/mol. The van der Waals surface area contributed by atoms with Gasteiger partial charge in [0.25, 0.3) is 5.91 Å². The number of methoxy groups -OCH3 is 1. The van der Waals surface area contributed by atoms with E-state index >= 15 is 0 Å². The molecule has 27 heavy (non-hydrogen) atoms. The average Bonchev–Trinajstić information content (AvgIpc) is 3.36. The van der Waals surface area contributed by atoms with Crippen molar-refractivity contribution in [3.8, 4) is 5.75 Å². The molecule has 136 valence electrons. The second kappa shape index (κ2) is 7.25. The van der Waals surface area contributed by atoms with Crippen molar-refractivity contribution in [3.63, 3.8) is 0 Å². The number of carbonyl (C=O) groups excluding carboxylic acids is 1. The summed E-state index contributed by atoms with van der Waals surface area (Å²) in [4.78, 5) is 19.7. The molecule has 0 aliphatic carbocycles. The average molecular weight is 378 g/mol. The van der Waals surface area contributed by atoms with Crippen LogP contribution >= 0.6 is 11.3 Å². The quantitative estimate of drug-likeness (QED) is 0.487. The Labute approximate surface area is 160 Å². The monoisotopic (exact) mass is 378 g/mol. The van der Waals surface area contributed by atoms with Crippen LogP contribution in [0.25, 0.3) is 10.2 Å². The van der Waals surface area contributed by atoms with Gasteiger partial charge in [-0.2, -0.15) is 0 Å². The van der Waals surface area contributed by atoms with Gasteiger partial charge in [-0.1, -0.05) is 29.5 Å². The lowest BCUT2D eigenvalue weighted by Gasteiger charge is -2.19. The number of hydrogen-bond acceptors (Lipinski definition) is 5. The number of amides is 1. The number of anilines is 1. The Balaban J connectivity index is 1.77. The van der Waals surface area contributed by atoms with Crippen molar-refractivity contribution in [2.45, 2.75) is 13.5 Å². The number of furan rings is 1. The molecule has 0 spiro atoms. The van der Waals surface area contributed by atoms with Gasteiger partial charge in [0, 0.05) is 5.56 Å². The number of aromatic nitrogens is 1. The van der Waals surface area contributed by atoms with Crippen molar-refractivity contribution in [1.29, 1.82) is 0 Å². The fraction of sp³-hybridized carbons (Fsp3) is 0.143. The predicted molar refractivity (Wildman–Crippen MR) is 107 cm³/mol. The number of fused-ring (bicyclic) bond motifs is 1. The molecule has 0 N–H and O–H groups in total. The van der Waals surface area contributed by atoms with E-state index in [4.69, 9.17) is 14.1 Å². The highest BCUT2D eigenvalue weighted by Crippen LogP contribution is 2.32. The minimum Gasteiger partial charge on any atom is -0.497 e. The van der Waals surface area contributed by atoms with Crippen molar-refractivity contribution >= 4 is 32.6 Å². The van der Waals surface area contributed by atoms with Crippen LogP contribution < -0.4 is 9.64 Å². The number of ether oxygens (including phenoxy) is 1. The van der Waals surface area contributed by atoms with Crippen LogP contribution in [-0.2, 0) is 6.54 Å². The zero-order chi connectivity index (χ0) is 18.8. The molecule has 0 radical (unpaired) electrons. The van der Waals surface area contributed by atoms with Crippen LogP contribution in [0.5, 0.6) is 5.75 Å². The van der Waals surface area contributed by atoms with Gasteiger partial charge in [0.1, 0.15) is 11.5 Å². The highest BCUT2D eigenvalue weighted by atomic mass is 32.1. The molecular formula is C21H18N2O3S. The third-order valence-corrected chi connectivity index (χ3v) is 5.34. The summed E-state index contributed by atoms with van der Waals surface area (Å²) in [6.07, 6.45) is 1.60. The maximum atomic E-state index is 13.3. The minimum absolute atomic E-state index is 0.151. The van der Waals surface area contributed by atoms with E-state index < -0.39 is 0 Å². The van der Waals surface area contributed by atoms with Crippen molar-refractivity contribution < 1.29 is 13.9 Å². The standard InChI is InChI=1S/C21H18N2O3S/c1-14-6-3-10-18-19(14)22-21(27-18)23(13-17-9-5-11-26-17)20(24)15-7-4-8-16(12-15)25-2/h3-12H,13H2,1-2H3. The second-order valence-electron chi connectivity index (χ2n) is 6.12. The van der Waals surface area contributed by atoms with Crippen LogP contribution in [0.1, 0.15) is 21.7 Å². The van der Waals surface area contributed by atoms with E-state index in [9.17, 15) is 4.79 Å². The molecule has 4 aromatic rings. The van der Waals surface area contributed by atoms with Crippen molar-refractivity contribution in [2.75, 3.05) is 12.0 Å². The molecule has 0 bridgehead atoms. The van der Waals surface area contributed by atoms with E-state index in [1.165, 1.54) is 11.3 Å². The number of benzene rings is 2. The summed E-state index contributed by atoms with van der Waals surface area (Å²) < 4.78 is 11.8. The molecule has 2 aromatic heterocycles. The topological polar surface area (TPSA) is 55.6 Å². The first kappa shape index (κ1) is 17.3. The van der Waals surface area contributed by atoms with E-state index in [2.05, 4.69) is 0 Å². The Kier molecular flexibility index (Phi) is 4.64. The normalized spacial score (nSPS) is 10.9. The first-order valence-corrected chi connectivity index (χ1v) is 9.32.